The molecule has 2 rings (SSSR count). The van der Waals surface area contributed by atoms with Crippen molar-refractivity contribution in [2.75, 3.05) is 13.1 Å². The smallest absolute Gasteiger partial charge is 0.252 e. The molecule has 26 heavy (non-hydrogen) atoms. The van der Waals surface area contributed by atoms with Gasteiger partial charge in [0.2, 0.25) is 0 Å². The molecule has 2 heterocycles. The third-order valence-electron chi connectivity index (χ3n) is 3.94. The molecule has 2 aliphatic heterocycles. The van der Waals surface area contributed by atoms with Gasteiger partial charge in [0.1, 0.15) is 12.2 Å². The van der Waals surface area contributed by atoms with Gasteiger partial charge in [-0.15, -0.1) is 13.2 Å². The van der Waals surface area contributed by atoms with Crippen LogP contribution >= 0.6 is 0 Å². The highest BCUT2D eigenvalue weighted by Gasteiger charge is 2.57. The zero-order valence-corrected chi connectivity index (χ0v) is 15.7. The summed E-state index contributed by atoms with van der Waals surface area (Å²) in [4.78, 5) is 25.0. The molecule has 4 atom stereocenters. The summed E-state index contributed by atoms with van der Waals surface area (Å²) in [6, 6.07) is 0. The lowest BCUT2D eigenvalue weighted by molar-refractivity contribution is -0.175. The van der Waals surface area contributed by atoms with Gasteiger partial charge >= 0.3 is 0 Å². The van der Waals surface area contributed by atoms with Crippen LogP contribution in [0.2, 0.25) is 0 Å². The molecule has 0 saturated carbocycles. The molecule has 146 valence electrons. The highest BCUT2D eigenvalue weighted by molar-refractivity contribution is 5.84. The highest BCUT2D eigenvalue weighted by atomic mass is 16.8. The summed E-state index contributed by atoms with van der Waals surface area (Å²) in [5, 5.41) is 5.38. The van der Waals surface area contributed by atoms with Gasteiger partial charge in [0.05, 0.1) is 0 Å². The average Bonchev–Trinajstić information content (AvgIpc) is 3.06. The van der Waals surface area contributed by atoms with E-state index in [4.69, 9.17) is 18.9 Å². The molecule has 2 amide bonds. The van der Waals surface area contributed by atoms with Crippen LogP contribution in [0.4, 0.5) is 0 Å². The summed E-state index contributed by atoms with van der Waals surface area (Å²) in [5.74, 6) is -2.73. The first-order valence-corrected chi connectivity index (χ1v) is 8.59. The first kappa shape index (κ1) is 20.6. The van der Waals surface area contributed by atoms with Crippen molar-refractivity contribution in [2.24, 2.45) is 0 Å². The Morgan fingerprint density at radius 1 is 0.808 bits per heavy atom. The molecule has 0 radical (unpaired) electrons. The summed E-state index contributed by atoms with van der Waals surface area (Å²) < 4.78 is 23.3. The molecule has 0 aromatic rings. The summed E-state index contributed by atoms with van der Waals surface area (Å²) >= 11 is 0. The van der Waals surface area contributed by atoms with Crippen molar-refractivity contribution < 1.29 is 28.5 Å². The van der Waals surface area contributed by atoms with Crippen molar-refractivity contribution in [3.63, 3.8) is 0 Å². The van der Waals surface area contributed by atoms with E-state index in [1.54, 1.807) is 39.8 Å². The third kappa shape index (κ3) is 4.70. The standard InChI is InChI=1S/C18H28N2O6/c1-7-9-19-15(21)13-11(23-17(3,4)25-13)12-14(16(22)20-10-8-2)26-18(5,6)24-12/h7-8,11-14H,1-2,9-10H2,3-6H3,(H,19,21)(H,20,22)/t11?,12?,13-,14+. The molecule has 2 fully saturated rings. The molecule has 0 bridgehead atoms. The van der Waals surface area contributed by atoms with Gasteiger partial charge in [0.15, 0.2) is 23.8 Å². The molecule has 0 aliphatic carbocycles. The largest absolute Gasteiger partial charge is 0.350 e. The Morgan fingerprint density at radius 2 is 1.15 bits per heavy atom. The fourth-order valence-electron chi connectivity index (χ4n) is 3.01. The van der Waals surface area contributed by atoms with Crippen LogP contribution in [0.15, 0.2) is 25.3 Å². The molecule has 2 saturated heterocycles. The fraction of sp³-hybridized carbons (Fsp3) is 0.667. The number of hydrogen-bond donors (Lipinski definition) is 2. The van der Waals surface area contributed by atoms with Gasteiger partial charge in [-0.05, 0) is 27.7 Å². The van der Waals surface area contributed by atoms with Crippen LogP contribution in [-0.2, 0) is 28.5 Å². The lowest BCUT2D eigenvalue weighted by Gasteiger charge is -2.25. The van der Waals surface area contributed by atoms with E-state index < -0.39 is 36.0 Å². The molecule has 2 unspecified atom stereocenters. The van der Waals surface area contributed by atoms with Crippen molar-refractivity contribution >= 4 is 11.8 Å². The number of hydrogen-bond acceptors (Lipinski definition) is 6. The molecule has 0 aromatic heterocycles. The van der Waals surface area contributed by atoms with Crippen LogP contribution in [0, 0.1) is 0 Å². The second-order valence-electron chi connectivity index (χ2n) is 7.11. The number of rotatable bonds is 7. The Balaban J connectivity index is 2.24. The van der Waals surface area contributed by atoms with Crippen LogP contribution in [0.1, 0.15) is 27.7 Å². The van der Waals surface area contributed by atoms with Crippen LogP contribution in [0.3, 0.4) is 0 Å². The maximum atomic E-state index is 12.5. The van der Waals surface area contributed by atoms with E-state index in [1.165, 1.54) is 0 Å². The zero-order chi connectivity index (χ0) is 19.5. The van der Waals surface area contributed by atoms with E-state index in [2.05, 4.69) is 23.8 Å². The normalized spacial score (nSPS) is 32.0. The first-order valence-electron chi connectivity index (χ1n) is 8.59. The minimum Gasteiger partial charge on any atom is -0.350 e. The van der Waals surface area contributed by atoms with Gasteiger partial charge in [-0.25, -0.2) is 0 Å². The van der Waals surface area contributed by atoms with Gasteiger partial charge in [-0.2, -0.15) is 0 Å². The summed E-state index contributed by atoms with van der Waals surface area (Å²) in [6.07, 6.45) is -0.369. The maximum Gasteiger partial charge on any atom is 0.252 e. The summed E-state index contributed by atoms with van der Waals surface area (Å²) in [5.41, 5.74) is 0. The quantitative estimate of drug-likeness (QED) is 0.640. The molecule has 0 aromatic carbocycles. The number of carbonyl (C=O) groups excluding carboxylic acids is 2. The molecule has 2 N–H and O–H groups in total. The van der Waals surface area contributed by atoms with Crippen LogP contribution in [-0.4, -0.2) is 60.9 Å². The second-order valence-corrected chi connectivity index (χ2v) is 7.11. The second kappa shape index (κ2) is 7.87. The van der Waals surface area contributed by atoms with E-state index >= 15 is 0 Å². The van der Waals surface area contributed by atoms with Crippen LogP contribution in [0.5, 0.6) is 0 Å². The van der Waals surface area contributed by atoms with Crippen molar-refractivity contribution in [1.29, 1.82) is 0 Å². The van der Waals surface area contributed by atoms with Gasteiger partial charge in [-0.3, -0.25) is 9.59 Å². The molecule has 8 heteroatoms. The Morgan fingerprint density at radius 3 is 1.46 bits per heavy atom. The molecule has 0 spiro atoms. The number of nitrogens with one attached hydrogen (secondary N) is 2. The fourth-order valence-corrected chi connectivity index (χ4v) is 3.01. The Bertz CT molecular complexity index is 524. The van der Waals surface area contributed by atoms with E-state index in [1.807, 2.05) is 0 Å². The van der Waals surface area contributed by atoms with Gasteiger partial charge in [0, 0.05) is 13.1 Å². The van der Waals surface area contributed by atoms with Crippen molar-refractivity contribution in [2.45, 2.75) is 63.7 Å². The van der Waals surface area contributed by atoms with E-state index in [-0.39, 0.29) is 11.8 Å². The number of amides is 2. The Labute approximate surface area is 153 Å². The lowest BCUT2D eigenvalue weighted by atomic mass is 10.0. The Kier molecular flexibility index (Phi) is 6.23. The minimum atomic E-state index is -1.00. The average molecular weight is 368 g/mol. The minimum absolute atomic E-state index is 0.294. The van der Waals surface area contributed by atoms with Gasteiger partial charge < -0.3 is 29.6 Å². The summed E-state index contributed by atoms with van der Waals surface area (Å²) in [6.45, 7) is 14.5. The topological polar surface area (TPSA) is 95.1 Å². The first-order chi connectivity index (χ1) is 12.1. The van der Waals surface area contributed by atoms with Gasteiger partial charge in [-0.1, -0.05) is 12.2 Å². The van der Waals surface area contributed by atoms with E-state index in [0.717, 1.165) is 0 Å². The number of carbonyl (C=O) groups is 2. The molecular weight excluding hydrogens is 340 g/mol. The predicted molar refractivity (Wildman–Crippen MR) is 94.1 cm³/mol. The molecular formula is C18H28N2O6. The van der Waals surface area contributed by atoms with Crippen molar-refractivity contribution in [3.05, 3.63) is 25.3 Å². The molecule has 2 aliphatic rings. The van der Waals surface area contributed by atoms with Crippen molar-refractivity contribution in [1.82, 2.24) is 10.6 Å². The Hall–Kier alpha value is -1.74. The van der Waals surface area contributed by atoms with E-state index in [9.17, 15) is 9.59 Å². The third-order valence-corrected chi connectivity index (χ3v) is 3.94. The van der Waals surface area contributed by atoms with Crippen LogP contribution < -0.4 is 10.6 Å². The van der Waals surface area contributed by atoms with E-state index in [0.29, 0.717) is 13.1 Å². The lowest BCUT2D eigenvalue weighted by Crippen LogP contribution is -2.52. The maximum absolute atomic E-state index is 12.5. The predicted octanol–water partition coefficient (Wildman–Crippen LogP) is 0.631. The van der Waals surface area contributed by atoms with Gasteiger partial charge in [0.25, 0.3) is 11.8 Å². The summed E-state index contributed by atoms with van der Waals surface area (Å²) in [7, 11) is 0. The highest BCUT2D eigenvalue weighted by Crippen LogP contribution is 2.38. The number of ether oxygens (including phenoxy) is 4. The monoisotopic (exact) mass is 368 g/mol. The van der Waals surface area contributed by atoms with Crippen molar-refractivity contribution in [3.8, 4) is 0 Å². The van der Waals surface area contributed by atoms with Crippen LogP contribution in [0.25, 0.3) is 0 Å². The molecule has 8 nitrogen and oxygen atoms in total. The zero-order valence-electron chi connectivity index (χ0n) is 15.7. The SMILES string of the molecule is C=CCNC(=O)[C@H]1OC(C)(C)OC1C1OC(C)(C)O[C@H]1C(=O)NCC=C.